The first-order valence-electron chi connectivity index (χ1n) is 8.80. The molecule has 0 aliphatic carbocycles. The van der Waals surface area contributed by atoms with Gasteiger partial charge in [0.05, 0.1) is 16.8 Å². The predicted octanol–water partition coefficient (Wildman–Crippen LogP) is 5.17. The maximum absolute atomic E-state index is 13.1. The van der Waals surface area contributed by atoms with Crippen LogP contribution in [0, 0.1) is 13.8 Å². The molecule has 132 valence electrons. The Bertz CT molecular complexity index is 1140. The molecule has 2 aromatic heterocycles. The molecule has 1 amide bonds. The Morgan fingerprint density at radius 1 is 0.889 bits per heavy atom. The van der Waals surface area contributed by atoms with Crippen molar-refractivity contribution in [3.63, 3.8) is 0 Å². The molecular weight excluding hydrogens is 334 g/mol. The molecular formula is C23H19N3O. The van der Waals surface area contributed by atoms with Crippen LogP contribution in [0.2, 0.25) is 0 Å². The number of fused-ring (bicyclic) bond motifs is 1. The standard InChI is InChI=1S/C23H19N3O/c1-15-7-8-18(13-16(15)2)25-23(27)20-14-22(17-9-11-24-12-10-17)26-21-6-4-3-5-19(20)21/h3-14H,1-2H3,(H,25,27). The first-order chi connectivity index (χ1) is 13.1. The minimum atomic E-state index is -0.146. The van der Waals surface area contributed by atoms with E-state index < -0.39 is 0 Å². The van der Waals surface area contributed by atoms with Crippen molar-refractivity contribution < 1.29 is 4.79 Å². The van der Waals surface area contributed by atoms with Crippen molar-refractivity contribution in [3.8, 4) is 11.3 Å². The van der Waals surface area contributed by atoms with Gasteiger partial charge >= 0.3 is 0 Å². The van der Waals surface area contributed by atoms with Crippen LogP contribution in [0.1, 0.15) is 21.5 Å². The van der Waals surface area contributed by atoms with Crippen LogP contribution >= 0.6 is 0 Å². The smallest absolute Gasteiger partial charge is 0.256 e. The molecule has 27 heavy (non-hydrogen) atoms. The monoisotopic (exact) mass is 353 g/mol. The van der Waals surface area contributed by atoms with Gasteiger partial charge < -0.3 is 5.32 Å². The van der Waals surface area contributed by atoms with Crippen LogP contribution in [0.5, 0.6) is 0 Å². The minimum Gasteiger partial charge on any atom is -0.322 e. The molecule has 4 aromatic rings. The Morgan fingerprint density at radius 3 is 2.44 bits per heavy atom. The van der Waals surface area contributed by atoms with Gasteiger partial charge in [0.1, 0.15) is 0 Å². The van der Waals surface area contributed by atoms with E-state index in [4.69, 9.17) is 4.98 Å². The number of carbonyl (C=O) groups is 1. The second-order valence-electron chi connectivity index (χ2n) is 6.56. The van der Waals surface area contributed by atoms with Crippen LogP contribution in [0.3, 0.4) is 0 Å². The Hall–Kier alpha value is -3.53. The molecule has 4 rings (SSSR count). The Kier molecular flexibility index (Phi) is 4.38. The number of hydrogen-bond acceptors (Lipinski definition) is 3. The largest absolute Gasteiger partial charge is 0.322 e. The lowest BCUT2D eigenvalue weighted by atomic mass is 10.0. The van der Waals surface area contributed by atoms with Gasteiger partial charge in [0, 0.05) is 29.0 Å². The number of carbonyl (C=O) groups excluding carboxylic acids is 1. The van der Waals surface area contributed by atoms with Crippen LogP contribution in [0.25, 0.3) is 22.2 Å². The molecule has 0 atom stereocenters. The van der Waals surface area contributed by atoms with Gasteiger partial charge in [-0.05, 0) is 61.4 Å². The number of nitrogens with zero attached hydrogens (tertiary/aromatic N) is 2. The predicted molar refractivity (Wildman–Crippen MR) is 109 cm³/mol. The number of rotatable bonds is 3. The molecule has 0 aliphatic heterocycles. The maximum Gasteiger partial charge on any atom is 0.256 e. The van der Waals surface area contributed by atoms with Gasteiger partial charge in [0.25, 0.3) is 5.91 Å². The molecule has 0 aliphatic rings. The summed E-state index contributed by atoms with van der Waals surface area (Å²) in [5.41, 5.74) is 6.20. The molecule has 0 bridgehead atoms. The van der Waals surface area contributed by atoms with Crippen molar-refractivity contribution in [1.29, 1.82) is 0 Å². The SMILES string of the molecule is Cc1ccc(NC(=O)c2cc(-c3ccncc3)nc3ccccc23)cc1C. The van der Waals surface area contributed by atoms with Gasteiger partial charge in [-0.1, -0.05) is 24.3 Å². The summed E-state index contributed by atoms with van der Waals surface area (Å²) < 4.78 is 0. The maximum atomic E-state index is 13.1. The van der Waals surface area contributed by atoms with E-state index in [1.165, 1.54) is 5.56 Å². The highest BCUT2D eigenvalue weighted by atomic mass is 16.1. The summed E-state index contributed by atoms with van der Waals surface area (Å²) in [6.45, 7) is 4.09. The lowest BCUT2D eigenvalue weighted by Gasteiger charge is -2.11. The van der Waals surface area contributed by atoms with Crippen molar-refractivity contribution in [3.05, 3.63) is 89.7 Å². The van der Waals surface area contributed by atoms with Crippen LogP contribution in [-0.4, -0.2) is 15.9 Å². The second-order valence-corrected chi connectivity index (χ2v) is 6.56. The third kappa shape index (κ3) is 3.42. The fourth-order valence-corrected chi connectivity index (χ4v) is 3.05. The van der Waals surface area contributed by atoms with E-state index in [1.807, 2.05) is 67.6 Å². The van der Waals surface area contributed by atoms with Crippen molar-refractivity contribution in [2.24, 2.45) is 0 Å². The molecule has 0 saturated heterocycles. The number of amides is 1. The second kappa shape index (κ2) is 7.00. The summed E-state index contributed by atoms with van der Waals surface area (Å²) in [5, 5.41) is 3.85. The zero-order valence-electron chi connectivity index (χ0n) is 15.2. The minimum absolute atomic E-state index is 0.146. The molecule has 0 saturated carbocycles. The van der Waals surface area contributed by atoms with Gasteiger partial charge in [-0.25, -0.2) is 4.98 Å². The third-order valence-electron chi connectivity index (χ3n) is 4.70. The normalized spacial score (nSPS) is 10.7. The van der Waals surface area contributed by atoms with Crippen LogP contribution in [-0.2, 0) is 0 Å². The van der Waals surface area contributed by atoms with Gasteiger partial charge in [0.15, 0.2) is 0 Å². The van der Waals surface area contributed by atoms with Gasteiger partial charge in [-0.3, -0.25) is 9.78 Å². The molecule has 0 unspecified atom stereocenters. The fourth-order valence-electron chi connectivity index (χ4n) is 3.05. The van der Waals surface area contributed by atoms with Crippen LogP contribution in [0.15, 0.2) is 73.1 Å². The Morgan fingerprint density at radius 2 is 1.67 bits per heavy atom. The number of pyridine rings is 2. The highest BCUT2D eigenvalue weighted by Crippen LogP contribution is 2.25. The highest BCUT2D eigenvalue weighted by Gasteiger charge is 2.14. The van der Waals surface area contributed by atoms with Gasteiger partial charge in [-0.2, -0.15) is 0 Å². The number of hydrogen-bond donors (Lipinski definition) is 1. The third-order valence-corrected chi connectivity index (χ3v) is 4.70. The summed E-state index contributed by atoms with van der Waals surface area (Å²) >= 11 is 0. The number of aryl methyl sites for hydroxylation is 2. The number of para-hydroxylation sites is 1. The Balaban J connectivity index is 1.79. The van der Waals surface area contributed by atoms with Gasteiger partial charge in [0.2, 0.25) is 0 Å². The van der Waals surface area contributed by atoms with E-state index in [0.29, 0.717) is 5.56 Å². The molecule has 0 radical (unpaired) electrons. The fraction of sp³-hybridized carbons (Fsp3) is 0.0870. The lowest BCUT2D eigenvalue weighted by Crippen LogP contribution is -2.13. The van der Waals surface area contributed by atoms with E-state index in [0.717, 1.165) is 33.4 Å². The van der Waals surface area contributed by atoms with Crippen molar-refractivity contribution >= 4 is 22.5 Å². The first kappa shape index (κ1) is 16.9. The number of benzene rings is 2. The molecule has 2 aromatic carbocycles. The zero-order chi connectivity index (χ0) is 18.8. The summed E-state index contributed by atoms with van der Waals surface area (Å²) in [7, 11) is 0. The van der Waals surface area contributed by atoms with Crippen molar-refractivity contribution in [2.75, 3.05) is 5.32 Å². The quantitative estimate of drug-likeness (QED) is 0.553. The number of aromatic nitrogens is 2. The molecule has 4 nitrogen and oxygen atoms in total. The molecule has 2 heterocycles. The first-order valence-corrected chi connectivity index (χ1v) is 8.80. The van der Waals surface area contributed by atoms with Crippen LogP contribution < -0.4 is 5.32 Å². The topological polar surface area (TPSA) is 54.9 Å². The van der Waals surface area contributed by atoms with Crippen molar-refractivity contribution in [1.82, 2.24) is 9.97 Å². The zero-order valence-corrected chi connectivity index (χ0v) is 15.2. The average molecular weight is 353 g/mol. The molecule has 0 spiro atoms. The average Bonchev–Trinajstić information content (AvgIpc) is 2.70. The highest BCUT2D eigenvalue weighted by molar-refractivity contribution is 6.13. The summed E-state index contributed by atoms with van der Waals surface area (Å²) in [5.74, 6) is -0.146. The molecule has 1 N–H and O–H groups in total. The van der Waals surface area contributed by atoms with Crippen LogP contribution in [0.4, 0.5) is 5.69 Å². The van der Waals surface area contributed by atoms with Gasteiger partial charge in [-0.15, -0.1) is 0 Å². The van der Waals surface area contributed by atoms with E-state index in [9.17, 15) is 4.79 Å². The van der Waals surface area contributed by atoms with E-state index in [1.54, 1.807) is 12.4 Å². The number of anilines is 1. The van der Waals surface area contributed by atoms with Crippen molar-refractivity contribution in [2.45, 2.75) is 13.8 Å². The molecule has 4 heteroatoms. The summed E-state index contributed by atoms with van der Waals surface area (Å²) in [6.07, 6.45) is 3.45. The summed E-state index contributed by atoms with van der Waals surface area (Å²) in [4.78, 5) is 21.8. The lowest BCUT2D eigenvalue weighted by molar-refractivity contribution is 0.102. The number of nitrogens with one attached hydrogen (secondary N) is 1. The summed E-state index contributed by atoms with van der Waals surface area (Å²) in [6, 6.07) is 19.2. The molecule has 0 fully saturated rings. The Labute approximate surface area is 157 Å². The van der Waals surface area contributed by atoms with E-state index >= 15 is 0 Å². The van der Waals surface area contributed by atoms with E-state index in [2.05, 4.69) is 17.2 Å². The van der Waals surface area contributed by atoms with E-state index in [-0.39, 0.29) is 5.91 Å².